The summed E-state index contributed by atoms with van der Waals surface area (Å²) in [6.45, 7) is 5.24. The van der Waals surface area contributed by atoms with Crippen molar-refractivity contribution in [3.8, 4) is 0 Å². The van der Waals surface area contributed by atoms with Gasteiger partial charge < -0.3 is 9.47 Å². The van der Waals surface area contributed by atoms with Crippen LogP contribution in [0.25, 0.3) is 0 Å². The zero-order valence-corrected chi connectivity index (χ0v) is 10.6. The van der Waals surface area contributed by atoms with Crippen molar-refractivity contribution >= 4 is 23.9 Å². The zero-order valence-electron chi connectivity index (χ0n) is 9.76. The van der Waals surface area contributed by atoms with Crippen LogP contribution in [0.15, 0.2) is 6.07 Å². The maximum Gasteiger partial charge on any atom is 0.185 e. The van der Waals surface area contributed by atoms with Gasteiger partial charge in [-0.3, -0.25) is 9.59 Å². The van der Waals surface area contributed by atoms with Crippen molar-refractivity contribution in [2.24, 2.45) is 5.41 Å². The van der Waals surface area contributed by atoms with Gasteiger partial charge >= 0.3 is 0 Å². The van der Waals surface area contributed by atoms with Gasteiger partial charge in [-0.25, -0.2) is 0 Å². The highest BCUT2D eigenvalue weighted by molar-refractivity contribution is 7.15. The molecule has 0 aromatic carbocycles. The van der Waals surface area contributed by atoms with Gasteiger partial charge in [0, 0.05) is 11.0 Å². The molecule has 0 radical (unpaired) electrons. The van der Waals surface area contributed by atoms with Gasteiger partial charge in [-0.05, 0) is 6.07 Å². The van der Waals surface area contributed by atoms with Crippen LogP contribution in [0.4, 0.5) is 0 Å². The second kappa shape index (κ2) is 4.68. The van der Waals surface area contributed by atoms with Gasteiger partial charge in [0.1, 0.15) is 0 Å². The number of rotatable bonds is 3. The third-order valence-electron chi connectivity index (χ3n) is 2.54. The summed E-state index contributed by atoms with van der Waals surface area (Å²) in [6, 6.07) is 1.66. The molecule has 2 rings (SSSR count). The lowest BCUT2D eigenvalue weighted by Crippen LogP contribution is -2.33. The molecule has 1 saturated heterocycles. The molecule has 0 saturated carbocycles. The average molecular weight is 254 g/mol. The minimum Gasteiger partial charge on any atom is -0.348 e. The van der Waals surface area contributed by atoms with Gasteiger partial charge in [0.2, 0.25) is 0 Å². The van der Waals surface area contributed by atoms with Crippen molar-refractivity contribution in [1.82, 2.24) is 0 Å². The lowest BCUT2D eigenvalue weighted by Gasteiger charge is -2.34. The second-order valence-electron chi connectivity index (χ2n) is 4.82. The average Bonchev–Trinajstić information content (AvgIpc) is 2.72. The van der Waals surface area contributed by atoms with Crippen LogP contribution in [0.3, 0.4) is 0 Å². The fourth-order valence-corrected chi connectivity index (χ4v) is 2.46. The van der Waals surface area contributed by atoms with Gasteiger partial charge in [-0.1, -0.05) is 13.8 Å². The summed E-state index contributed by atoms with van der Waals surface area (Å²) in [4.78, 5) is 22.6. The van der Waals surface area contributed by atoms with E-state index < -0.39 is 6.29 Å². The highest BCUT2D eigenvalue weighted by Gasteiger charge is 2.31. The molecule has 1 aromatic rings. The molecule has 1 aliphatic rings. The molecule has 92 valence electrons. The van der Waals surface area contributed by atoms with E-state index in [0.29, 0.717) is 28.5 Å². The van der Waals surface area contributed by atoms with Crippen LogP contribution in [0.5, 0.6) is 0 Å². The highest BCUT2D eigenvalue weighted by atomic mass is 32.1. The molecule has 0 spiro atoms. The summed E-state index contributed by atoms with van der Waals surface area (Å²) in [5, 5.41) is 0. The van der Waals surface area contributed by atoms with Crippen LogP contribution in [-0.2, 0) is 9.47 Å². The third-order valence-corrected chi connectivity index (χ3v) is 3.54. The Balaban J connectivity index is 2.20. The van der Waals surface area contributed by atoms with Crippen LogP contribution in [0.2, 0.25) is 0 Å². The molecule has 1 aromatic heterocycles. The SMILES string of the molecule is CC1(C)COC(c2cc(C=O)sc2C=O)OC1. The Morgan fingerprint density at radius 3 is 2.47 bits per heavy atom. The number of thiophene rings is 1. The van der Waals surface area contributed by atoms with E-state index in [0.717, 1.165) is 23.9 Å². The van der Waals surface area contributed by atoms with Gasteiger partial charge in [0.05, 0.1) is 23.0 Å². The molecule has 1 aliphatic heterocycles. The zero-order chi connectivity index (χ0) is 12.5. The summed E-state index contributed by atoms with van der Waals surface area (Å²) in [7, 11) is 0. The van der Waals surface area contributed by atoms with E-state index in [1.165, 1.54) is 0 Å². The Morgan fingerprint density at radius 1 is 1.29 bits per heavy atom. The molecule has 0 N–H and O–H groups in total. The van der Waals surface area contributed by atoms with Crippen molar-refractivity contribution < 1.29 is 19.1 Å². The minimum absolute atomic E-state index is 0.0125. The molecule has 0 atom stereocenters. The van der Waals surface area contributed by atoms with Crippen LogP contribution in [0, 0.1) is 5.41 Å². The molecule has 4 nitrogen and oxygen atoms in total. The molecule has 0 aliphatic carbocycles. The summed E-state index contributed by atoms with van der Waals surface area (Å²) in [5.41, 5.74) is 0.643. The maximum atomic E-state index is 10.9. The van der Waals surface area contributed by atoms with E-state index >= 15 is 0 Å². The van der Waals surface area contributed by atoms with E-state index in [9.17, 15) is 9.59 Å². The van der Waals surface area contributed by atoms with Crippen LogP contribution < -0.4 is 0 Å². The van der Waals surface area contributed by atoms with Gasteiger partial charge in [0.15, 0.2) is 18.9 Å². The van der Waals surface area contributed by atoms with E-state index in [1.54, 1.807) is 6.07 Å². The molecule has 5 heteroatoms. The predicted octanol–water partition coefficient (Wildman–Crippen LogP) is 2.44. The first-order chi connectivity index (χ1) is 8.05. The van der Waals surface area contributed by atoms with E-state index in [-0.39, 0.29) is 5.41 Å². The third kappa shape index (κ3) is 2.62. The van der Waals surface area contributed by atoms with Gasteiger partial charge in [0.25, 0.3) is 0 Å². The fourth-order valence-electron chi connectivity index (χ4n) is 1.65. The largest absolute Gasteiger partial charge is 0.348 e. The second-order valence-corrected chi connectivity index (χ2v) is 5.94. The van der Waals surface area contributed by atoms with E-state index in [4.69, 9.17) is 9.47 Å². The Labute approximate surface area is 104 Å². The Morgan fingerprint density at radius 2 is 1.94 bits per heavy atom. The first kappa shape index (κ1) is 12.4. The van der Waals surface area contributed by atoms with Crippen LogP contribution >= 0.6 is 11.3 Å². The van der Waals surface area contributed by atoms with E-state index in [1.807, 2.05) is 13.8 Å². The summed E-state index contributed by atoms with van der Waals surface area (Å²) < 4.78 is 11.2. The Hall–Kier alpha value is -1.04. The molecule has 2 heterocycles. The van der Waals surface area contributed by atoms with Crippen molar-refractivity contribution in [2.75, 3.05) is 13.2 Å². The number of carbonyl (C=O) groups excluding carboxylic acids is 2. The molecule has 0 unspecified atom stereocenters. The molecular weight excluding hydrogens is 240 g/mol. The van der Waals surface area contributed by atoms with Crippen LogP contribution in [-0.4, -0.2) is 25.8 Å². The number of hydrogen-bond donors (Lipinski definition) is 0. The Bertz CT molecular complexity index is 426. The lowest BCUT2D eigenvalue weighted by atomic mass is 9.95. The fraction of sp³-hybridized carbons (Fsp3) is 0.500. The standard InChI is InChI=1S/C12H14O4S/c1-12(2)6-15-11(16-7-12)9-3-8(4-13)17-10(9)5-14/h3-5,11H,6-7H2,1-2H3. The monoisotopic (exact) mass is 254 g/mol. The maximum absolute atomic E-state index is 10.9. The number of aldehydes is 2. The number of ether oxygens (including phenoxy) is 2. The minimum atomic E-state index is -0.534. The van der Waals surface area contributed by atoms with E-state index in [2.05, 4.69) is 0 Å². The molecule has 1 fully saturated rings. The molecular formula is C12H14O4S. The molecule has 0 amide bonds. The smallest absolute Gasteiger partial charge is 0.185 e. The van der Waals surface area contributed by atoms with Gasteiger partial charge in [-0.15, -0.1) is 11.3 Å². The van der Waals surface area contributed by atoms with Crippen molar-refractivity contribution in [2.45, 2.75) is 20.1 Å². The Kier molecular flexibility index (Phi) is 3.42. The summed E-state index contributed by atoms with van der Waals surface area (Å²) in [6.07, 6.45) is 0.932. The first-order valence-electron chi connectivity index (χ1n) is 5.33. The van der Waals surface area contributed by atoms with Crippen molar-refractivity contribution in [3.05, 3.63) is 21.4 Å². The highest BCUT2D eigenvalue weighted by Crippen LogP contribution is 2.34. The molecule has 0 bridgehead atoms. The van der Waals surface area contributed by atoms with Gasteiger partial charge in [-0.2, -0.15) is 0 Å². The summed E-state index contributed by atoms with van der Waals surface area (Å²) in [5.74, 6) is 0. The quantitative estimate of drug-likeness (QED) is 0.777. The lowest BCUT2D eigenvalue weighted by molar-refractivity contribution is -0.226. The topological polar surface area (TPSA) is 52.6 Å². The molecule has 17 heavy (non-hydrogen) atoms. The number of hydrogen-bond acceptors (Lipinski definition) is 5. The van der Waals surface area contributed by atoms with Crippen molar-refractivity contribution in [3.63, 3.8) is 0 Å². The summed E-state index contributed by atoms with van der Waals surface area (Å²) >= 11 is 1.16. The normalized spacial score (nSPS) is 20.1. The van der Waals surface area contributed by atoms with Crippen molar-refractivity contribution in [1.29, 1.82) is 0 Å². The number of carbonyl (C=O) groups is 2. The van der Waals surface area contributed by atoms with Crippen LogP contribution in [0.1, 0.15) is 45.0 Å². The first-order valence-corrected chi connectivity index (χ1v) is 6.15. The predicted molar refractivity (Wildman–Crippen MR) is 63.5 cm³/mol.